The van der Waals surface area contributed by atoms with Gasteiger partial charge in [0, 0.05) is 16.2 Å². The second-order valence-corrected chi connectivity index (χ2v) is 4.95. The topological polar surface area (TPSA) is 54.3 Å². The summed E-state index contributed by atoms with van der Waals surface area (Å²) in [5.74, 6) is 1.39. The van der Waals surface area contributed by atoms with E-state index in [1.807, 2.05) is 18.2 Å². The van der Waals surface area contributed by atoms with Crippen LogP contribution in [-0.2, 0) is 0 Å². The number of methoxy groups -OCH3 is 2. The molecule has 1 N–H and O–H groups in total. The monoisotopic (exact) mass is 332 g/mol. The molecule has 0 saturated carbocycles. The van der Waals surface area contributed by atoms with Crippen molar-refractivity contribution in [1.29, 1.82) is 5.26 Å². The average Bonchev–Trinajstić information content (AvgIpc) is 2.47. The molecule has 0 aliphatic carbocycles. The van der Waals surface area contributed by atoms with Crippen molar-refractivity contribution in [3.05, 3.63) is 46.4 Å². The van der Waals surface area contributed by atoms with Gasteiger partial charge in [-0.25, -0.2) is 0 Å². The van der Waals surface area contributed by atoms with Crippen molar-refractivity contribution in [2.45, 2.75) is 0 Å². The number of rotatable bonds is 4. The molecule has 5 heteroatoms. The number of anilines is 2. The number of halogens is 1. The van der Waals surface area contributed by atoms with E-state index in [4.69, 9.17) is 14.7 Å². The first-order valence-corrected chi connectivity index (χ1v) is 6.65. The van der Waals surface area contributed by atoms with Crippen molar-refractivity contribution in [3.8, 4) is 17.6 Å². The smallest absolute Gasteiger partial charge is 0.145 e. The predicted octanol–water partition coefficient (Wildman–Crippen LogP) is 4.08. The minimum atomic E-state index is 0.578. The molecule has 0 aliphatic rings. The summed E-state index contributed by atoms with van der Waals surface area (Å²) in [4.78, 5) is 0. The van der Waals surface area contributed by atoms with Gasteiger partial charge in [-0.2, -0.15) is 5.26 Å². The molecule has 0 atom stereocenters. The Hall–Kier alpha value is -2.19. The van der Waals surface area contributed by atoms with Gasteiger partial charge >= 0.3 is 0 Å². The quantitative estimate of drug-likeness (QED) is 0.916. The van der Waals surface area contributed by atoms with Crippen molar-refractivity contribution in [1.82, 2.24) is 0 Å². The van der Waals surface area contributed by atoms with Gasteiger partial charge in [0.1, 0.15) is 11.5 Å². The number of benzene rings is 2. The molecular formula is C15H13BrN2O2. The molecule has 20 heavy (non-hydrogen) atoms. The highest BCUT2D eigenvalue weighted by atomic mass is 79.9. The molecule has 2 rings (SSSR count). The van der Waals surface area contributed by atoms with E-state index in [0.29, 0.717) is 11.3 Å². The lowest BCUT2D eigenvalue weighted by Gasteiger charge is -2.13. The standard InChI is InChI=1S/C15H13BrN2O2/c1-19-13-3-4-14(15(8-13)20-2)18-12-6-10(9-17)5-11(16)7-12/h3-8,18H,1-2H3. The largest absolute Gasteiger partial charge is 0.497 e. The van der Waals surface area contributed by atoms with Crippen LogP contribution in [0.25, 0.3) is 0 Å². The van der Waals surface area contributed by atoms with Gasteiger partial charge in [0.15, 0.2) is 0 Å². The third kappa shape index (κ3) is 3.22. The van der Waals surface area contributed by atoms with Gasteiger partial charge in [-0.05, 0) is 30.3 Å². The second kappa shape index (κ2) is 6.31. The molecule has 0 fully saturated rings. The maximum atomic E-state index is 8.98. The summed E-state index contributed by atoms with van der Waals surface area (Å²) < 4.78 is 11.3. The van der Waals surface area contributed by atoms with Crippen LogP contribution in [0, 0.1) is 11.3 Å². The summed E-state index contributed by atoms with van der Waals surface area (Å²) >= 11 is 3.38. The molecule has 4 nitrogen and oxygen atoms in total. The fraction of sp³-hybridized carbons (Fsp3) is 0.133. The Balaban J connectivity index is 2.35. The molecule has 0 unspecified atom stereocenters. The maximum Gasteiger partial charge on any atom is 0.145 e. The molecule has 0 bridgehead atoms. The Kier molecular flexibility index (Phi) is 4.49. The van der Waals surface area contributed by atoms with E-state index in [1.54, 1.807) is 32.4 Å². The summed E-state index contributed by atoms with van der Waals surface area (Å²) in [6.45, 7) is 0. The van der Waals surface area contributed by atoms with Crippen molar-refractivity contribution in [3.63, 3.8) is 0 Å². The lowest BCUT2D eigenvalue weighted by molar-refractivity contribution is 0.395. The van der Waals surface area contributed by atoms with E-state index in [9.17, 15) is 0 Å². The van der Waals surface area contributed by atoms with E-state index >= 15 is 0 Å². The van der Waals surface area contributed by atoms with Crippen molar-refractivity contribution >= 4 is 27.3 Å². The Bertz CT molecular complexity index is 665. The lowest BCUT2D eigenvalue weighted by Crippen LogP contribution is -1.96. The van der Waals surface area contributed by atoms with Crippen LogP contribution in [0.15, 0.2) is 40.9 Å². The third-order valence-electron chi connectivity index (χ3n) is 2.71. The lowest BCUT2D eigenvalue weighted by atomic mass is 10.2. The van der Waals surface area contributed by atoms with Crippen LogP contribution in [0.1, 0.15) is 5.56 Å². The molecule has 0 aromatic heterocycles. The summed E-state index contributed by atoms with van der Waals surface area (Å²) in [5.41, 5.74) is 2.18. The normalized spacial score (nSPS) is 9.70. The van der Waals surface area contributed by atoms with Gasteiger partial charge in [-0.3, -0.25) is 0 Å². The predicted molar refractivity (Wildman–Crippen MR) is 81.7 cm³/mol. The van der Waals surface area contributed by atoms with Gasteiger partial charge in [0.2, 0.25) is 0 Å². The molecule has 2 aromatic carbocycles. The van der Waals surface area contributed by atoms with Crippen LogP contribution in [0.5, 0.6) is 11.5 Å². The highest BCUT2D eigenvalue weighted by Gasteiger charge is 2.06. The number of nitriles is 1. The van der Waals surface area contributed by atoms with Crippen LogP contribution >= 0.6 is 15.9 Å². The van der Waals surface area contributed by atoms with Gasteiger partial charge in [0.05, 0.1) is 31.5 Å². The first-order valence-electron chi connectivity index (χ1n) is 5.86. The SMILES string of the molecule is COc1ccc(Nc2cc(Br)cc(C#N)c2)c(OC)c1. The van der Waals surface area contributed by atoms with Crippen LogP contribution in [-0.4, -0.2) is 14.2 Å². The van der Waals surface area contributed by atoms with Gasteiger partial charge in [0.25, 0.3) is 0 Å². The van der Waals surface area contributed by atoms with E-state index < -0.39 is 0 Å². The van der Waals surface area contributed by atoms with E-state index in [-0.39, 0.29) is 0 Å². The zero-order valence-corrected chi connectivity index (χ0v) is 12.7. The summed E-state index contributed by atoms with van der Waals surface area (Å²) in [7, 11) is 3.21. The first kappa shape index (κ1) is 14.2. The Morgan fingerprint density at radius 2 is 1.90 bits per heavy atom. The van der Waals surface area contributed by atoms with E-state index in [0.717, 1.165) is 21.6 Å². The minimum absolute atomic E-state index is 0.578. The van der Waals surface area contributed by atoms with Crippen molar-refractivity contribution in [2.24, 2.45) is 0 Å². The Labute approximate surface area is 126 Å². The molecule has 0 amide bonds. The zero-order chi connectivity index (χ0) is 14.5. The molecule has 102 valence electrons. The summed E-state index contributed by atoms with van der Waals surface area (Å²) in [6.07, 6.45) is 0. The fourth-order valence-corrected chi connectivity index (χ4v) is 2.28. The molecule has 0 saturated heterocycles. The molecule has 0 radical (unpaired) electrons. The highest BCUT2D eigenvalue weighted by Crippen LogP contribution is 2.32. The molecule has 0 aliphatic heterocycles. The van der Waals surface area contributed by atoms with Gasteiger partial charge in [-0.1, -0.05) is 15.9 Å². The van der Waals surface area contributed by atoms with E-state index in [1.165, 1.54) is 0 Å². The Morgan fingerprint density at radius 3 is 2.55 bits per heavy atom. The molecule has 2 aromatic rings. The van der Waals surface area contributed by atoms with Crippen LogP contribution < -0.4 is 14.8 Å². The average molecular weight is 333 g/mol. The van der Waals surface area contributed by atoms with Crippen LogP contribution in [0.2, 0.25) is 0 Å². The fourth-order valence-electron chi connectivity index (χ4n) is 1.78. The zero-order valence-electron chi connectivity index (χ0n) is 11.1. The Morgan fingerprint density at radius 1 is 1.10 bits per heavy atom. The molecular weight excluding hydrogens is 320 g/mol. The number of hydrogen-bond donors (Lipinski definition) is 1. The van der Waals surface area contributed by atoms with Crippen molar-refractivity contribution < 1.29 is 9.47 Å². The minimum Gasteiger partial charge on any atom is -0.497 e. The summed E-state index contributed by atoms with van der Waals surface area (Å²) in [5, 5.41) is 12.2. The first-order chi connectivity index (χ1) is 9.66. The maximum absolute atomic E-state index is 8.98. The highest BCUT2D eigenvalue weighted by molar-refractivity contribution is 9.10. The number of nitrogens with zero attached hydrogens (tertiary/aromatic N) is 1. The van der Waals surface area contributed by atoms with Crippen LogP contribution in [0.4, 0.5) is 11.4 Å². The number of nitrogens with one attached hydrogen (secondary N) is 1. The second-order valence-electron chi connectivity index (χ2n) is 4.03. The third-order valence-corrected chi connectivity index (χ3v) is 3.17. The molecule has 0 spiro atoms. The van der Waals surface area contributed by atoms with Crippen molar-refractivity contribution in [2.75, 3.05) is 19.5 Å². The number of hydrogen-bond acceptors (Lipinski definition) is 4. The molecule has 0 heterocycles. The van der Waals surface area contributed by atoms with E-state index in [2.05, 4.69) is 27.3 Å². The number of ether oxygens (including phenoxy) is 2. The van der Waals surface area contributed by atoms with Crippen LogP contribution in [0.3, 0.4) is 0 Å². The summed E-state index contributed by atoms with van der Waals surface area (Å²) in [6, 6.07) is 13.0. The van der Waals surface area contributed by atoms with Gasteiger partial charge < -0.3 is 14.8 Å². The van der Waals surface area contributed by atoms with Gasteiger partial charge in [-0.15, -0.1) is 0 Å².